The first-order chi connectivity index (χ1) is 21.9. The molecule has 3 heterocycles. The van der Waals surface area contributed by atoms with E-state index in [-0.39, 0.29) is 74.5 Å². The zero-order valence-corrected chi connectivity index (χ0v) is 26.7. The molecule has 2 aliphatic heterocycles. The molecule has 4 N–H and O–H groups in total. The predicted molar refractivity (Wildman–Crippen MR) is 167 cm³/mol. The molecule has 5 rings (SSSR count). The van der Waals surface area contributed by atoms with Gasteiger partial charge in [0.25, 0.3) is 5.92 Å². The molecule has 3 aliphatic rings. The molecule has 1 aromatic carbocycles. The average molecular weight is 665 g/mol. The highest BCUT2D eigenvalue weighted by molar-refractivity contribution is 7.89. The smallest absolute Gasteiger partial charge is 0.414 e. The lowest BCUT2D eigenvalue weighted by atomic mass is 9.77. The highest BCUT2D eigenvalue weighted by Gasteiger charge is 2.44. The number of aliphatic hydroxyl groups excluding tert-OH is 1. The maximum absolute atomic E-state index is 15.8. The van der Waals surface area contributed by atoms with E-state index in [1.54, 1.807) is 6.92 Å². The molecule has 46 heavy (non-hydrogen) atoms. The molecular weight excluding hydrogens is 622 g/mol. The number of benzene rings is 1. The van der Waals surface area contributed by atoms with Crippen molar-refractivity contribution in [2.75, 3.05) is 62.2 Å². The third kappa shape index (κ3) is 7.27. The first kappa shape index (κ1) is 33.9. The Balaban J connectivity index is 1.20. The van der Waals surface area contributed by atoms with Crippen molar-refractivity contribution in [2.24, 2.45) is 17.6 Å². The van der Waals surface area contributed by atoms with Crippen molar-refractivity contribution in [1.29, 1.82) is 0 Å². The summed E-state index contributed by atoms with van der Waals surface area (Å²) in [7, 11) is -3.85. The van der Waals surface area contributed by atoms with E-state index >= 15 is 8.78 Å². The average Bonchev–Trinajstić information content (AvgIpc) is 3.45. The lowest BCUT2D eigenvalue weighted by Gasteiger charge is -2.36. The molecule has 2 aromatic rings. The Morgan fingerprint density at radius 3 is 2.39 bits per heavy atom. The second-order valence-corrected chi connectivity index (χ2v) is 14.1. The number of carbonyl (C=O) groups is 2. The summed E-state index contributed by atoms with van der Waals surface area (Å²) in [6.07, 6.45) is 0.711. The maximum atomic E-state index is 15.8. The Morgan fingerprint density at radius 2 is 1.78 bits per heavy atom. The van der Waals surface area contributed by atoms with Gasteiger partial charge in [-0.2, -0.15) is 4.31 Å². The number of rotatable bonds is 11. The van der Waals surface area contributed by atoms with Gasteiger partial charge in [0.1, 0.15) is 11.9 Å². The van der Waals surface area contributed by atoms with E-state index in [2.05, 4.69) is 10.3 Å². The number of amides is 2. The van der Waals surface area contributed by atoms with Gasteiger partial charge in [-0.3, -0.25) is 9.69 Å². The number of nitrogens with two attached hydrogens (primary N) is 1. The number of hydrogen-bond acceptors (Lipinski definition) is 9. The molecule has 15 heteroatoms. The topological polar surface area (TPSA) is 158 Å². The van der Waals surface area contributed by atoms with Gasteiger partial charge in [-0.05, 0) is 82.0 Å². The van der Waals surface area contributed by atoms with Crippen LogP contribution in [0.5, 0.6) is 0 Å². The number of anilines is 2. The fraction of sp³-hybridized carbons (Fsp3) is 0.581. The van der Waals surface area contributed by atoms with Crippen molar-refractivity contribution in [3.05, 3.63) is 47.7 Å². The summed E-state index contributed by atoms with van der Waals surface area (Å²) in [5.74, 6) is -3.99. The van der Waals surface area contributed by atoms with Crippen molar-refractivity contribution in [1.82, 2.24) is 14.6 Å². The number of cyclic esters (lactones) is 1. The van der Waals surface area contributed by atoms with Gasteiger partial charge in [0.2, 0.25) is 15.9 Å². The molecule has 0 radical (unpaired) electrons. The summed E-state index contributed by atoms with van der Waals surface area (Å²) >= 11 is 0. The molecule has 252 valence electrons. The fourth-order valence-corrected chi connectivity index (χ4v) is 7.77. The van der Waals surface area contributed by atoms with Crippen LogP contribution in [0, 0.1) is 18.8 Å². The van der Waals surface area contributed by atoms with Crippen LogP contribution in [0.3, 0.4) is 0 Å². The van der Waals surface area contributed by atoms with Crippen molar-refractivity contribution in [3.8, 4) is 0 Å². The first-order valence-electron chi connectivity index (χ1n) is 15.7. The Morgan fingerprint density at radius 1 is 1.11 bits per heavy atom. The summed E-state index contributed by atoms with van der Waals surface area (Å²) < 4.78 is 64.9. The highest BCUT2D eigenvalue weighted by Crippen LogP contribution is 2.45. The molecule has 0 spiro atoms. The van der Waals surface area contributed by atoms with Crippen LogP contribution in [0.4, 0.5) is 25.1 Å². The zero-order chi connectivity index (χ0) is 33.1. The van der Waals surface area contributed by atoms with Gasteiger partial charge < -0.3 is 25.8 Å². The summed E-state index contributed by atoms with van der Waals surface area (Å²) in [5, 5.41) is 12.1. The standard InChI is InChI=1S/C31H42F2N6O6S/c1-21-17-24(31(32,33)23-5-3-22(4-6-23)29(41)35-12-2-11-34)18-28(36-21)37-13-15-38(16-14-37)46(43,44)27-9-7-25(8-10-27)39-19-26(20-40)45-30(39)42/h7-10,17-18,22-23,26,40H,2-6,11-16,19-20,34H2,1H3,(H,35,41)/t22?,23?,26-/m1/s1. The number of nitrogens with zero attached hydrogens (tertiary/aromatic N) is 4. The minimum atomic E-state index is -3.85. The number of sulfonamides is 1. The van der Waals surface area contributed by atoms with Crippen molar-refractivity contribution < 1.29 is 36.6 Å². The van der Waals surface area contributed by atoms with Gasteiger partial charge >= 0.3 is 6.09 Å². The summed E-state index contributed by atoms with van der Waals surface area (Å²) in [4.78, 5) is 32.2. The van der Waals surface area contributed by atoms with Crippen LogP contribution >= 0.6 is 0 Å². The van der Waals surface area contributed by atoms with Crippen LogP contribution in [0.15, 0.2) is 41.3 Å². The van der Waals surface area contributed by atoms with Crippen LogP contribution in [0.25, 0.3) is 0 Å². The number of carbonyl (C=O) groups excluding carboxylic acids is 2. The quantitative estimate of drug-likeness (QED) is 0.307. The van der Waals surface area contributed by atoms with E-state index in [0.29, 0.717) is 49.6 Å². The van der Waals surface area contributed by atoms with Gasteiger partial charge in [0, 0.05) is 61.5 Å². The number of piperazine rings is 1. The Hall–Kier alpha value is -3.40. The number of nitrogens with one attached hydrogen (secondary N) is 1. The number of aromatic nitrogens is 1. The lowest BCUT2D eigenvalue weighted by molar-refractivity contribution is -0.129. The maximum Gasteiger partial charge on any atom is 0.414 e. The number of alkyl halides is 2. The van der Waals surface area contributed by atoms with Crippen LogP contribution in [-0.4, -0.2) is 93.3 Å². The normalized spacial score (nSPS) is 23.0. The Labute approximate surface area is 267 Å². The Bertz CT molecular complexity index is 1500. The van der Waals surface area contributed by atoms with Gasteiger partial charge in [0.05, 0.1) is 18.0 Å². The van der Waals surface area contributed by atoms with Crippen molar-refractivity contribution in [3.63, 3.8) is 0 Å². The number of hydrogen-bond donors (Lipinski definition) is 3. The van der Waals surface area contributed by atoms with E-state index in [9.17, 15) is 23.1 Å². The molecule has 3 fully saturated rings. The molecule has 2 saturated heterocycles. The van der Waals surface area contributed by atoms with E-state index in [1.165, 1.54) is 45.6 Å². The number of aryl methyl sites for hydroxylation is 1. The minimum absolute atomic E-state index is 0.0642. The highest BCUT2D eigenvalue weighted by atomic mass is 32.2. The number of aliphatic hydroxyl groups is 1. The molecule has 0 bridgehead atoms. The second kappa shape index (κ2) is 14.2. The number of halogens is 2. The van der Waals surface area contributed by atoms with Crippen LogP contribution < -0.4 is 20.9 Å². The van der Waals surface area contributed by atoms with Gasteiger partial charge in [-0.25, -0.2) is 27.0 Å². The molecule has 1 saturated carbocycles. The lowest BCUT2D eigenvalue weighted by Crippen LogP contribution is -2.49. The van der Waals surface area contributed by atoms with Gasteiger partial charge in [-0.1, -0.05) is 0 Å². The number of ether oxygens (including phenoxy) is 1. The van der Waals surface area contributed by atoms with Crippen LogP contribution in [0.1, 0.15) is 43.4 Å². The molecule has 1 aliphatic carbocycles. The largest absolute Gasteiger partial charge is 0.441 e. The van der Waals surface area contributed by atoms with Gasteiger partial charge in [0.15, 0.2) is 0 Å². The summed E-state index contributed by atoms with van der Waals surface area (Å²) in [5.41, 5.74) is 6.26. The van der Waals surface area contributed by atoms with E-state index in [4.69, 9.17) is 10.5 Å². The van der Waals surface area contributed by atoms with Crippen LogP contribution in [-0.2, 0) is 25.5 Å². The monoisotopic (exact) mass is 664 g/mol. The van der Waals surface area contributed by atoms with Crippen molar-refractivity contribution >= 4 is 33.5 Å². The third-order valence-corrected chi connectivity index (χ3v) is 11.0. The van der Waals surface area contributed by atoms with E-state index in [0.717, 1.165) is 0 Å². The van der Waals surface area contributed by atoms with Crippen LogP contribution in [0.2, 0.25) is 0 Å². The SMILES string of the molecule is Cc1cc(C(F)(F)C2CCC(C(=O)NCCCN)CC2)cc(N2CCN(S(=O)(=O)c3ccc(N4C[C@H](CO)OC4=O)cc3)CC2)n1. The fourth-order valence-electron chi connectivity index (χ4n) is 6.35. The van der Waals surface area contributed by atoms with E-state index in [1.807, 2.05) is 4.90 Å². The van der Waals surface area contributed by atoms with E-state index < -0.39 is 34.1 Å². The predicted octanol–water partition coefficient (Wildman–Crippen LogP) is 2.58. The summed E-state index contributed by atoms with van der Waals surface area (Å²) in [6, 6.07) is 8.71. The first-order valence-corrected chi connectivity index (χ1v) is 17.2. The van der Waals surface area contributed by atoms with Gasteiger partial charge in [-0.15, -0.1) is 0 Å². The molecule has 2 amide bonds. The molecule has 1 aromatic heterocycles. The molecular formula is C31H42F2N6O6S. The van der Waals surface area contributed by atoms with Crippen molar-refractivity contribution in [2.45, 2.75) is 55.9 Å². The third-order valence-electron chi connectivity index (χ3n) is 9.04. The second-order valence-electron chi connectivity index (χ2n) is 12.1. The zero-order valence-electron chi connectivity index (χ0n) is 25.9. The molecule has 1 atom stereocenters. The minimum Gasteiger partial charge on any atom is -0.441 e. The number of pyridine rings is 1. The Kier molecular flexibility index (Phi) is 10.4. The summed E-state index contributed by atoms with van der Waals surface area (Å²) in [6.45, 7) is 3.31. The molecule has 12 nitrogen and oxygen atoms in total. The molecule has 0 unspecified atom stereocenters.